The first kappa shape index (κ1) is 18.2. The highest BCUT2D eigenvalue weighted by Crippen LogP contribution is 2.20. The third-order valence-corrected chi connectivity index (χ3v) is 4.01. The molecular formula is C19H17FN4O3. The highest BCUT2D eigenvalue weighted by atomic mass is 19.1. The lowest BCUT2D eigenvalue weighted by atomic mass is 10.2. The maximum atomic E-state index is 13.2. The van der Waals surface area contributed by atoms with E-state index in [0.29, 0.717) is 5.69 Å². The summed E-state index contributed by atoms with van der Waals surface area (Å²) < 4.78 is 13.2. The molecule has 0 fully saturated rings. The second-order valence-corrected chi connectivity index (χ2v) is 6.02. The summed E-state index contributed by atoms with van der Waals surface area (Å²) in [6.07, 6.45) is 1.27. The fourth-order valence-corrected chi connectivity index (χ4v) is 2.59. The molecule has 3 rings (SSSR count). The number of carboxylic acids is 1. The number of aryl methyl sites for hydroxylation is 1. The number of nitrogens with zero attached hydrogens (tertiary/aromatic N) is 4. The molecule has 0 saturated heterocycles. The molecule has 1 aromatic heterocycles. The van der Waals surface area contributed by atoms with Crippen molar-refractivity contribution in [1.29, 1.82) is 0 Å². The minimum absolute atomic E-state index is 0.0195. The topological polar surface area (TPSA) is 88.3 Å². The molecule has 3 aromatic rings. The third-order valence-electron chi connectivity index (χ3n) is 4.01. The Morgan fingerprint density at radius 2 is 1.89 bits per heavy atom. The van der Waals surface area contributed by atoms with E-state index in [4.69, 9.17) is 0 Å². The minimum Gasteiger partial charge on any atom is -0.480 e. The van der Waals surface area contributed by atoms with Crippen LogP contribution in [0.2, 0.25) is 0 Å². The summed E-state index contributed by atoms with van der Waals surface area (Å²) in [5, 5.41) is 17.6. The number of carboxylic acid groups (broad SMARTS) is 1. The Kier molecular flexibility index (Phi) is 4.98. The molecule has 1 N–H and O–H groups in total. The number of carbonyl (C=O) groups excluding carboxylic acids is 1. The summed E-state index contributed by atoms with van der Waals surface area (Å²) in [4.78, 5) is 26.8. The molecule has 0 radical (unpaired) electrons. The molecule has 7 nitrogen and oxygen atoms in total. The van der Waals surface area contributed by atoms with Gasteiger partial charge in [-0.15, -0.1) is 5.10 Å². The predicted octanol–water partition coefficient (Wildman–Crippen LogP) is 2.83. The van der Waals surface area contributed by atoms with E-state index in [2.05, 4.69) is 10.2 Å². The van der Waals surface area contributed by atoms with Crippen LogP contribution in [0.3, 0.4) is 0 Å². The van der Waals surface area contributed by atoms with E-state index in [-0.39, 0.29) is 11.4 Å². The molecule has 1 atom stereocenters. The van der Waals surface area contributed by atoms with Crippen molar-refractivity contribution in [1.82, 2.24) is 15.0 Å². The molecule has 138 valence electrons. The highest BCUT2D eigenvalue weighted by molar-refractivity contribution is 6.07. The lowest BCUT2D eigenvalue weighted by Gasteiger charge is -2.25. The van der Waals surface area contributed by atoms with Crippen molar-refractivity contribution in [3.8, 4) is 5.69 Å². The van der Waals surface area contributed by atoms with Crippen LogP contribution in [0.5, 0.6) is 0 Å². The van der Waals surface area contributed by atoms with Gasteiger partial charge in [0.15, 0.2) is 5.69 Å². The van der Waals surface area contributed by atoms with Crippen LogP contribution in [0.15, 0.2) is 54.7 Å². The molecule has 27 heavy (non-hydrogen) atoms. The largest absolute Gasteiger partial charge is 0.480 e. The number of hydrogen-bond acceptors (Lipinski definition) is 4. The second-order valence-electron chi connectivity index (χ2n) is 6.02. The molecule has 2 aromatic carbocycles. The maximum Gasteiger partial charge on any atom is 0.326 e. The molecule has 0 aliphatic heterocycles. The van der Waals surface area contributed by atoms with Crippen LogP contribution < -0.4 is 4.90 Å². The van der Waals surface area contributed by atoms with Crippen molar-refractivity contribution in [2.24, 2.45) is 0 Å². The summed E-state index contributed by atoms with van der Waals surface area (Å²) in [7, 11) is 0. The lowest BCUT2D eigenvalue weighted by molar-refractivity contribution is -0.138. The Hall–Kier alpha value is -3.55. The van der Waals surface area contributed by atoms with Gasteiger partial charge in [-0.2, -0.15) is 9.90 Å². The molecule has 0 aliphatic rings. The Labute approximate surface area is 154 Å². The molecule has 1 amide bonds. The second kappa shape index (κ2) is 7.36. The summed E-state index contributed by atoms with van der Waals surface area (Å²) in [6.45, 7) is 3.29. The smallest absolute Gasteiger partial charge is 0.326 e. The number of benzene rings is 2. The maximum absolute atomic E-state index is 13.2. The van der Waals surface area contributed by atoms with Crippen LogP contribution in [0.4, 0.5) is 10.1 Å². The Morgan fingerprint density at radius 1 is 1.19 bits per heavy atom. The van der Waals surface area contributed by atoms with Crippen molar-refractivity contribution in [2.75, 3.05) is 4.90 Å². The van der Waals surface area contributed by atoms with Crippen molar-refractivity contribution in [3.05, 3.63) is 71.8 Å². The Morgan fingerprint density at radius 3 is 2.52 bits per heavy atom. The van der Waals surface area contributed by atoms with Crippen LogP contribution >= 0.6 is 0 Å². The van der Waals surface area contributed by atoms with Crippen LogP contribution in [0, 0.1) is 12.7 Å². The monoisotopic (exact) mass is 368 g/mol. The van der Waals surface area contributed by atoms with Crippen molar-refractivity contribution < 1.29 is 19.1 Å². The van der Waals surface area contributed by atoms with E-state index in [0.717, 1.165) is 22.6 Å². The van der Waals surface area contributed by atoms with E-state index < -0.39 is 23.7 Å². The molecule has 8 heteroatoms. The van der Waals surface area contributed by atoms with E-state index in [1.165, 1.54) is 30.0 Å². The average molecular weight is 368 g/mol. The van der Waals surface area contributed by atoms with Gasteiger partial charge in [0.1, 0.15) is 11.9 Å². The van der Waals surface area contributed by atoms with Gasteiger partial charge in [0.05, 0.1) is 11.9 Å². The zero-order chi connectivity index (χ0) is 19.6. The van der Waals surface area contributed by atoms with Crippen LogP contribution in [0.25, 0.3) is 5.69 Å². The first-order valence-corrected chi connectivity index (χ1v) is 8.18. The molecule has 0 aliphatic carbocycles. The van der Waals surface area contributed by atoms with Crippen molar-refractivity contribution in [3.63, 3.8) is 0 Å². The van der Waals surface area contributed by atoms with Gasteiger partial charge < -0.3 is 5.11 Å². The predicted molar refractivity (Wildman–Crippen MR) is 96.4 cm³/mol. The molecular weight excluding hydrogens is 351 g/mol. The SMILES string of the molecule is Cc1cccc(-n2ncc(C(=O)N(c3ccc(F)cc3)C(C)C(=O)O)n2)c1. The van der Waals surface area contributed by atoms with E-state index in [1.54, 1.807) is 6.07 Å². The number of hydrogen-bond donors (Lipinski definition) is 1. The number of halogens is 1. The summed E-state index contributed by atoms with van der Waals surface area (Å²) in [6, 6.07) is 11.2. The minimum atomic E-state index is -1.20. The van der Waals surface area contributed by atoms with Crippen LogP contribution in [-0.2, 0) is 4.79 Å². The van der Waals surface area contributed by atoms with Gasteiger partial charge in [0, 0.05) is 5.69 Å². The normalized spacial score (nSPS) is 11.8. The molecule has 0 spiro atoms. The van der Waals surface area contributed by atoms with Gasteiger partial charge in [-0.1, -0.05) is 12.1 Å². The van der Waals surface area contributed by atoms with Crippen molar-refractivity contribution in [2.45, 2.75) is 19.9 Å². The Balaban J connectivity index is 1.97. The third kappa shape index (κ3) is 3.84. The zero-order valence-electron chi connectivity index (χ0n) is 14.7. The number of aliphatic carboxylic acids is 1. The van der Waals surface area contributed by atoms with Gasteiger partial charge in [-0.3, -0.25) is 9.69 Å². The summed E-state index contributed by atoms with van der Waals surface area (Å²) in [5.74, 6) is -2.33. The van der Waals surface area contributed by atoms with Gasteiger partial charge in [0.25, 0.3) is 5.91 Å². The number of amides is 1. The lowest BCUT2D eigenvalue weighted by Crippen LogP contribution is -2.43. The first-order valence-electron chi connectivity index (χ1n) is 8.18. The van der Waals surface area contributed by atoms with Gasteiger partial charge in [-0.05, 0) is 55.8 Å². The summed E-state index contributed by atoms with van der Waals surface area (Å²) in [5.41, 5.74) is 1.91. The standard InChI is InChI=1S/C19H17FN4O3/c1-12-4-3-5-16(10-12)24-21-11-17(22-24)18(25)23(13(2)19(26)27)15-8-6-14(20)7-9-15/h3-11,13H,1-2H3,(H,26,27). The van der Waals surface area contributed by atoms with E-state index in [1.807, 2.05) is 25.1 Å². The number of aromatic nitrogens is 3. The quantitative estimate of drug-likeness (QED) is 0.748. The first-order chi connectivity index (χ1) is 12.9. The van der Waals surface area contributed by atoms with E-state index >= 15 is 0 Å². The summed E-state index contributed by atoms with van der Waals surface area (Å²) >= 11 is 0. The highest BCUT2D eigenvalue weighted by Gasteiger charge is 2.30. The number of carbonyl (C=O) groups is 2. The fraction of sp³-hybridized carbons (Fsp3) is 0.158. The molecule has 1 unspecified atom stereocenters. The fourth-order valence-electron chi connectivity index (χ4n) is 2.59. The number of anilines is 1. The van der Waals surface area contributed by atoms with Crippen LogP contribution in [0.1, 0.15) is 23.0 Å². The Bertz CT molecular complexity index is 985. The average Bonchev–Trinajstić information content (AvgIpc) is 3.13. The number of rotatable bonds is 5. The zero-order valence-corrected chi connectivity index (χ0v) is 14.7. The van der Waals surface area contributed by atoms with Gasteiger partial charge in [0.2, 0.25) is 0 Å². The molecule has 0 saturated carbocycles. The van der Waals surface area contributed by atoms with Gasteiger partial charge >= 0.3 is 5.97 Å². The van der Waals surface area contributed by atoms with Gasteiger partial charge in [-0.25, -0.2) is 9.18 Å². The molecule has 1 heterocycles. The van der Waals surface area contributed by atoms with Crippen LogP contribution in [-0.4, -0.2) is 38.0 Å². The molecule has 0 bridgehead atoms. The van der Waals surface area contributed by atoms with E-state index in [9.17, 15) is 19.1 Å². The van der Waals surface area contributed by atoms with Crippen molar-refractivity contribution >= 4 is 17.6 Å².